The first-order valence-corrected chi connectivity index (χ1v) is 12.3. The lowest BCUT2D eigenvalue weighted by Crippen LogP contribution is -2.00. The Morgan fingerprint density at radius 3 is 1.74 bits per heavy atom. The van der Waals surface area contributed by atoms with E-state index in [9.17, 15) is 4.39 Å². The third kappa shape index (κ3) is 10.2. The van der Waals surface area contributed by atoms with Crippen molar-refractivity contribution in [3.05, 3.63) is 42.3 Å². The lowest BCUT2D eigenvalue weighted by molar-refractivity contribution is 0.301. The summed E-state index contributed by atoms with van der Waals surface area (Å²) in [4.78, 5) is 4.29. The molecule has 0 aliphatic carbocycles. The van der Waals surface area contributed by atoms with Crippen LogP contribution in [0.4, 0.5) is 4.39 Å². The quantitative estimate of drug-likeness (QED) is 0.237. The zero-order valence-electron chi connectivity index (χ0n) is 19.5. The SMILES string of the molecule is CCCCCCCCOc1ccc(-c2ncc(OCCCCCCCC)cc2F)cc1. The molecule has 0 fully saturated rings. The van der Waals surface area contributed by atoms with Gasteiger partial charge in [-0.15, -0.1) is 0 Å². The molecule has 172 valence electrons. The average molecular weight is 430 g/mol. The van der Waals surface area contributed by atoms with E-state index in [0.29, 0.717) is 18.1 Å². The van der Waals surface area contributed by atoms with E-state index in [4.69, 9.17) is 9.47 Å². The summed E-state index contributed by atoms with van der Waals surface area (Å²) in [6.07, 6.45) is 16.3. The van der Waals surface area contributed by atoms with Gasteiger partial charge in [0, 0.05) is 11.6 Å². The molecule has 3 nitrogen and oxygen atoms in total. The maximum atomic E-state index is 14.6. The fourth-order valence-corrected chi connectivity index (χ4v) is 3.57. The van der Waals surface area contributed by atoms with Crippen molar-refractivity contribution in [2.75, 3.05) is 13.2 Å². The van der Waals surface area contributed by atoms with E-state index in [-0.39, 0.29) is 5.82 Å². The third-order valence-electron chi connectivity index (χ3n) is 5.48. The predicted molar refractivity (Wildman–Crippen MR) is 127 cm³/mol. The van der Waals surface area contributed by atoms with E-state index in [2.05, 4.69) is 18.8 Å². The van der Waals surface area contributed by atoms with Gasteiger partial charge in [0.15, 0.2) is 5.82 Å². The highest BCUT2D eigenvalue weighted by atomic mass is 19.1. The number of nitrogens with zero attached hydrogens (tertiary/aromatic N) is 1. The highest BCUT2D eigenvalue weighted by Gasteiger charge is 2.09. The zero-order valence-corrected chi connectivity index (χ0v) is 19.5. The second-order valence-corrected chi connectivity index (χ2v) is 8.26. The maximum absolute atomic E-state index is 14.6. The number of hydrogen-bond donors (Lipinski definition) is 0. The van der Waals surface area contributed by atoms with Crippen molar-refractivity contribution in [3.63, 3.8) is 0 Å². The van der Waals surface area contributed by atoms with Crippen molar-refractivity contribution < 1.29 is 13.9 Å². The molecule has 31 heavy (non-hydrogen) atoms. The molecule has 1 heterocycles. The van der Waals surface area contributed by atoms with Crippen molar-refractivity contribution >= 4 is 0 Å². The second kappa shape index (κ2) is 15.7. The summed E-state index contributed by atoms with van der Waals surface area (Å²) in [6, 6.07) is 8.92. The number of hydrogen-bond acceptors (Lipinski definition) is 3. The molecule has 0 saturated carbocycles. The lowest BCUT2D eigenvalue weighted by Gasteiger charge is -2.09. The van der Waals surface area contributed by atoms with E-state index < -0.39 is 0 Å². The van der Waals surface area contributed by atoms with Gasteiger partial charge in [-0.25, -0.2) is 9.37 Å². The van der Waals surface area contributed by atoms with Crippen molar-refractivity contribution in [3.8, 4) is 22.8 Å². The van der Waals surface area contributed by atoms with Gasteiger partial charge in [0.2, 0.25) is 0 Å². The van der Waals surface area contributed by atoms with Gasteiger partial charge >= 0.3 is 0 Å². The van der Waals surface area contributed by atoms with E-state index in [0.717, 1.165) is 37.2 Å². The van der Waals surface area contributed by atoms with Crippen molar-refractivity contribution in [2.24, 2.45) is 0 Å². The van der Waals surface area contributed by atoms with Crippen LogP contribution in [0.1, 0.15) is 90.9 Å². The van der Waals surface area contributed by atoms with Crippen LogP contribution in [0.5, 0.6) is 11.5 Å². The smallest absolute Gasteiger partial charge is 0.153 e. The Kier molecular flexibility index (Phi) is 12.7. The molecular weight excluding hydrogens is 389 g/mol. The number of benzene rings is 1. The highest BCUT2D eigenvalue weighted by molar-refractivity contribution is 5.61. The number of ether oxygens (including phenoxy) is 2. The summed E-state index contributed by atoms with van der Waals surface area (Å²) in [7, 11) is 0. The van der Waals surface area contributed by atoms with Gasteiger partial charge in [0.05, 0.1) is 19.4 Å². The van der Waals surface area contributed by atoms with Gasteiger partial charge in [0.1, 0.15) is 17.2 Å². The van der Waals surface area contributed by atoms with Crippen LogP contribution in [0.2, 0.25) is 0 Å². The van der Waals surface area contributed by atoms with Crippen LogP contribution >= 0.6 is 0 Å². The largest absolute Gasteiger partial charge is 0.494 e. The van der Waals surface area contributed by atoms with Gasteiger partial charge in [-0.1, -0.05) is 78.1 Å². The molecular formula is C27H40FNO2. The minimum atomic E-state index is -0.360. The first-order chi connectivity index (χ1) is 15.2. The van der Waals surface area contributed by atoms with Crippen molar-refractivity contribution in [1.82, 2.24) is 4.98 Å². The fourth-order valence-electron chi connectivity index (χ4n) is 3.57. The Morgan fingerprint density at radius 2 is 1.19 bits per heavy atom. The standard InChI is InChI=1S/C27H40FNO2/c1-3-5-7-9-11-13-19-30-24-17-15-23(16-18-24)27-26(28)21-25(22-29-27)31-20-14-12-10-8-6-4-2/h15-18,21-22H,3-14,19-20H2,1-2H3. The number of rotatable bonds is 17. The van der Waals surface area contributed by atoms with E-state index in [1.165, 1.54) is 63.9 Å². The van der Waals surface area contributed by atoms with Gasteiger partial charge in [-0.3, -0.25) is 0 Å². The maximum Gasteiger partial charge on any atom is 0.153 e. The molecule has 0 N–H and O–H groups in total. The molecule has 2 aromatic rings. The van der Waals surface area contributed by atoms with E-state index >= 15 is 0 Å². The van der Waals surface area contributed by atoms with Crippen LogP contribution < -0.4 is 9.47 Å². The monoisotopic (exact) mass is 429 g/mol. The van der Waals surface area contributed by atoms with Crippen LogP contribution in [-0.4, -0.2) is 18.2 Å². The van der Waals surface area contributed by atoms with E-state index in [1.807, 2.05) is 24.3 Å². The molecule has 0 atom stereocenters. The fraction of sp³-hybridized carbons (Fsp3) is 0.593. The molecule has 2 rings (SSSR count). The molecule has 4 heteroatoms. The first kappa shape index (κ1) is 25.2. The summed E-state index contributed by atoms with van der Waals surface area (Å²) in [5.41, 5.74) is 1.08. The Labute approximate surface area is 188 Å². The summed E-state index contributed by atoms with van der Waals surface area (Å²) in [5, 5.41) is 0. The van der Waals surface area contributed by atoms with Crippen LogP contribution in [0.3, 0.4) is 0 Å². The number of pyridine rings is 1. The lowest BCUT2D eigenvalue weighted by atomic mass is 10.1. The third-order valence-corrected chi connectivity index (χ3v) is 5.48. The van der Waals surface area contributed by atoms with Gasteiger partial charge in [0.25, 0.3) is 0 Å². The molecule has 0 amide bonds. The highest BCUT2D eigenvalue weighted by Crippen LogP contribution is 2.26. The second-order valence-electron chi connectivity index (χ2n) is 8.26. The Morgan fingerprint density at radius 1 is 0.677 bits per heavy atom. The topological polar surface area (TPSA) is 31.4 Å². The summed E-state index contributed by atoms with van der Waals surface area (Å²) in [5.74, 6) is 0.950. The molecule has 1 aromatic carbocycles. The Bertz CT molecular complexity index is 718. The Balaban J connectivity index is 1.73. The normalized spacial score (nSPS) is 10.9. The molecule has 0 saturated heterocycles. The van der Waals surface area contributed by atoms with E-state index in [1.54, 1.807) is 6.20 Å². The van der Waals surface area contributed by atoms with Gasteiger partial charge in [-0.2, -0.15) is 0 Å². The molecule has 0 aliphatic heterocycles. The molecule has 0 unspecified atom stereocenters. The predicted octanol–water partition coefficient (Wildman–Crippen LogP) is 8.37. The molecule has 0 spiro atoms. The van der Waals surface area contributed by atoms with Gasteiger partial charge in [-0.05, 0) is 37.1 Å². The number of aromatic nitrogens is 1. The van der Waals surface area contributed by atoms with Crippen molar-refractivity contribution in [2.45, 2.75) is 90.9 Å². The van der Waals surface area contributed by atoms with Crippen LogP contribution in [-0.2, 0) is 0 Å². The molecule has 0 aliphatic rings. The number of unbranched alkanes of at least 4 members (excludes halogenated alkanes) is 10. The molecule has 1 aromatic heterocycles. The van der Waals surface area contributed by atoms with Crippen LogP contribution in [0.15, 0.2) is 36.5 Å². The van der Waals surface area contributed by atoms with Gasteiger partial charge < -0.3 is 9.47 Å². The summed E-state index contributed by atoms with van der Waals surface area (Å²) >= 11 is 0. The summed E-state index contributed by atoms with van der Waals surface area (Å²) in [6.45, 7) is 5.78. The summed E-state index contributed by atoms with van der Waals surface area (Å²) < 4.78 is 26.0. The average Bonchev–Trinajstić information content (AvgIpc) is 2.78. The first-order valence-electron chi connectivity index (χ1n) is 12.3. The Hall–Kier alpha value is -2.10. The minimum Gasteiger partial charge on any atom is -0.494 e. The van der Waals surface area contributed by atoms with Crippen LogP contribution in [0, 0.1) is 5.82 Å². The number of halogens is 1. The molecule has 0 radical (unpaired) electrons. The van der Waals surface area contributed by atoms with Crippen LogP contribution in [0.25, 0.3) is 11.3 Å². The minimum absolute atomic E-state index is 0.342. The molecule has 0 bridgehead atoms. The zero-order chi connectivity index (χ0) is 22.2. The van der Waals surface area contributed by atoms with Crippen molar-refractivity contribution in [1.29, 1.82) is 0 Å².